The van der Waals surface area contributed by atoms with Crippen molar-refractivity contribution in [2.24, 2.45) is 16.6 Å². The van der Waals surface area contributed by atoms with Crippen LogP contribution in [0.3, 0.4) is 0 Å². The third-order valence-electron chi connectivity index (χ3n) is 5.75. The van der Waals surface area contributed by atoms with Crippen molar-refractivity contribution in [1.29, 1.82) is 0 Å². The zero-order valence-electron chi connectivity index (χ0n) is 14.9. The van der Waals surface area contributed by atoms with Crippen LogP contribution in [0.25, 0.3) is 10.9 Å². The fourth-order valence-corrected chi connectivity index (χ4v) is 4.06. The lowest BCUT2D eigenvalue weighted by Gasteiger charge is -2.33. The molecule has 0 saturated heterocycles. The molecule has 2 aromatic rings. The van der Waals surface area contributed by atoms with Crippen molar-refractivity contribution in [1.82, 2.24) is 14.7 Å². The molecule has 1 aliphatic heterocycles. The highest BCUT2D eigenvalue weighted by Crippen LogP contribution is 2.35. The largest absolute Gasteiger partial charge is 0.369 e. The number of hydrogen-bond donors (Lipinski definition) is 1. The van der Waals surface area contributed by atoms with E-state index in [0.717, 1.165) is 28.9 Å². The van der Waals surface area contributed by atoms with Crippen molar-refractivity contribution in [2.45, 2.75) is 51.1 Å². The Balaban J connectivity index is 1.72. The molecule has 2 aliphatic rings. The smallest absolute Gasteiger partial charge is 0.231 e. The Morgan fingerprint density at radius 3 is 2.80 bits per heavy atom. The van der Waals surface area contributed by atoms with E-state index in [1.165, 1.54) is 30.6 Å². The van der Waals surface area contributed by atoms with Gasteiger partial charge in [-0.2, -0.15) is 5.10 Å². The molecule has 1 amide bonds. The molecule has 0 unspecified atom stereocenters. The van der Waals surface area contributed by atoms with Gasteiger partial charge in [-0.3, -0.25) is 14.4 Å². The normalized spacial score (nSPS) is 25.0. The van der Waals surface area contributed by atoms with Crippen molar-refractivity contribution in [3.8, 4) is 0 Å². The van der Waals surface area contributed by atoms with Gasteiger partial charge in [0.15, 0.2) is 5.96 Å². The summed E-state index contributed by atoms with van der Waals surface area (Å²) in [5, 5.41) is 5.72. The Morgan fingerprint density at radius 1 is 1.32 bits per heavy atom. The summed E-state index contributed by atoms with van der Waals surface area (Å²) in [7, 11) is 1.67. The van der Waals surface area contributed by atoms with Gasteiger partial charge in [-0.05, 0) is 37.3 Å². The molecule has 25 heavy (non-hydrogen) atoms. The molecular weight excluding hydrogens is 314 g/mol. The molecule has 1 aliphatic carbocycles. The summed E-state index contributed by atoms with van der Waals surface area (Å²) in [6.07, 6.45) is 7.49. The Bertz CT molecular complexity index is 849. The van der Waals surface area contributed by atoms with Gasteiger partial charge in [0.2, 0.25) is 5.91 Å². The quantitative estimate of drug-likeness (QED) is 0.934. The van der Waals surface area contributed by atoms with Crippen LogP contribution in [0.2, 0.25) is 0 Å². The zero-order valence-corrected chi connectivity index (χ0v) is 14.9. The molecule has 1 fully saturated rings. The molecule has 132 valence electrons. The minimum Gasteiger partial charge on any atom is -0.369 e. The molecular formula is C19H25N5O. The Morgan fingerprint density at radius 2 is 2.08 bits per heavy atom. The lowest BCUT2D eigenvalue weighted by molar-refractivity contribution is -0.128. The van der Waals surface area contributed by atoms with Gasteiger partial charge < -0.3 is 5.73 Å². The van der Waals surface area contributed by atoms with Gasteiger partial charge in [-0.15, -0.1) is 0 Å². The predicted octanol–water partition coefficient (Wildman–Crippen LogP) is 2.62. The van der Waals surface area contributed by atoms with Crippen LogP contribution in [0.4, 0.5) is 0 Å². The lowest BCUT2D eigenvalue weighted by Crippen LogP contribution is -2.47. The average molecular weight is 339 g/mol. The van der Waals surface area contributed by atoms with Crippen LogP contribution in [-0.4, -0.2) is 33.6 Å². The van der Waals surface area contributed by atoms with E-state index < -0.39 is 5.54 Å². The van der Waals surface area contributed by atoms with Gasteiger partial charge in [0.25, 0.3) is 0 Å². The van der Waals surface area contributed by atoms with E-state index in [1.54, 1.807) is 7.05 Å². The maximum atomic E-state index is 12.3. The van der Waals surface area contributed by atoms with Crippen LogP contribution >= 0.6 is 0 Å². The van der Waals surface area contributed by atoms with Gasteiger partial charge in [0.05, 0.1) is 23.7 Å². The number of carbonyl (C=O) groups is 1. The van der Waals surface area contributed by atoms with Gasteiger partial charge in [-0.1, -0.05) is 25.0 Å². The molecule has 1 aromatic heterocycles. The van der Waals surface area contributed by atoms with Crippen LogP contribution in [-0.2, 0) is 16.9 Å². The number of aliphatic imine (C=N–C) groups is 1. The Kier molecular flexibility index (Phi) is 3.78. The summed E-state index contributed by atoms with van der Waals surface area (Å²) < 4.78 is 2.11. The number of benzene rings is 1. The van der Waals surface area contributed by atoms with Crippen LogP contribution in [0.15, 0.2) is 29.4 Å². The summed E-state index contributed by atoms with van der Waals surface area (Å²) in [6, 6.07) is 6.24. The predicted molar refractivity (Wildman–Crippen MR) is 98.1 cm³/mol. The molecule has 0 spiro atoms. The summed E-state index contributed by atoms with van der Waals surface area (Å²) in [5.41, 5.74) is 7.46. The Hall–Kier alpha value is -2.37. The van der Waals surface area contributed by atoms with E-state index >= 15 is 0 Å². The van der Waals surface area contributed by atoms with Crippen molar-refractivity contribution >= 4 is 22.8 Å². The molecule has 2 N–H and O–H groups in total. The first-order valence-electron chi connectivity index (χ1n) is 9.04. The molecule has 1 aromatic carbocycles. The van der Waals surface area contributed by atoms with Crippen molar-refractivity contribution in [2.75, 3.05) is 7.05 Å². The number of amides is 1. The number of guanidine groups is 1. The number of rotatable bonds is 3. The third-order valence-corrected chi connectivity index (χ3v) is 5.75. The highest BCUT2D eigenvalue weighted by molar-refractivity contribution is 5.98. The maximum absolute atomic E-state index is 12.3. The zero-order chi connectivity index (χ0) is 17.6. The average Bonchev–Trinajstić information content (AvgIpc) is 3.23. The molecule has 1 atom stereocenters. The van der Waals surface area contributed by atoms with Crippen LogP contribution < -0.4 is 5.73 Å². The second-order valence-electron chi connectivity index (χ2n) is 7.62. The SMILES string of the molecule is CN1C(=O)C[C@@](C)(c2ccc3cnn(CC4CCCC4)c3c2)N=C1N. The fraction of sp³-hybridized carbons (Fsp3) is 0.526. The van der Waals surface area contributed by atoms with Gasteiger partial charge in [0, 0.05) is 19.0 Å². The van der Waals surface area contributed by atoms with E-state index in [9.17, 15) is 4.79 Å². The first-order chi connectivity index (χ1) is 12.0. The number of carbonyl (C=O) groups excluding carboxylic acids is 1. The first-order valence-corrected chi connectivity index (χ1v) is 9.04. The maximum Gasteiger partial charge on any atom is 0.231 e. The van der Waals surface area contributed by atoms with Gasteiger partial charge in [-0.25, -0.2) is 4.99 Å². The van der Waals surface area contributed by atoms with Crippen LogP contribution in [0, 0.1) is 5.92 Å². The summed E-state index contributed by atoms with van der Waals surface area (Å²) in [5.74, 6) is 0.994. The van der Waals surface area contributed by atoms with E-state index in [1.807, 2.05) is 19.2 Å². The van der Waals surface area contributed by atoms with E-state index in [4.69, 9.17) is 5.73 Å². The van der Waals surface area contributed by atoms with E-state index in [0.29, 0.717) is 6.42 Å². The number of hydrogen-bond acceptors (Lipinski definition) is 4. The van der Waals surface area contributed by atoms with E-state index in [2.05, 4.69) is 26.9 Å². The molecule has 0 radical (unpaired) electrons. The Labute approximate surface area is 147 Å². The minimum atomic E-state index is -0.621. The monoisotopic (exact) mass is 339 g/mol. The van der Waals surface area contributed by atoms with Crippen molar-refractivity contribution in [3.05, 3.63) is 30.0 Å². The lowest BCUT2D eigenvalue weighted by atomic mass is 9.87. The van der Waals surface area contributed by atoms with Crippen LogP contribution in [0.1, 0.15) is 44.6 Å². The number of aromatic nitrogens is 2. The van der Waals surface area contributed by atoms with Crippen molar-refractivity contribution in [3.63, 3.8) is 0 Å². The third kappa shape index (κ3) is 2.79. The first kappa shape index (κ1) is 16.1. The molecule has 1 saturated carbocycles. The number of nitrogens with zero attached hydrogens (tertiary/aromatic N) is 4. The highest BCUT2D eigenvalue weighted by atomic mass is 16.2. The van der Waals surface area contributed by atoms with Gasteiger partial charge in [0.1, 0.15) is 0 Å². The van der Waals surface area contributed by atoms with Gasteiger partial charge >= 0.3 is 0 Å². The van der Waals surface area contributed by atoms with Crippen molar-refractivity contribution < 1.29 is 4.79 Å². The number of nitrogens with two attached hydrogens (primary N) is 1. The molecule has 4 rings (SSSR count). The minimum absolute atomic E-state index is 0.00504. The second-order valence-corrected chi connectivity index (χ2v) is 7.62. The van der Waals surface area contributed by atoms with E-state index in [-0.39, 0.29) is 11.9 Å². The molecule has 6 heteroatoms. The summed E-state index contributed by atoms with van der Waals surface area (Å²) in [4.78, 5) is 18.3. The standard InChI is InChI=1S/C19H25N5O/c1-19(10-17(25)23(2)18(20)22-19)15-8-7-14-11-21-24(16(14)9-15)12-13-5-3-4-6-13/h7-9,11,13H,3-6,10,12H2,1-2H3,(H2,20,22)/t19-/m0/s1. The molecule has 0 bridgehead atoms. The fourth-order valence-electron chi connectivity index (χ4n) is 4.06. The summed E-state index contributed by atoms with van der Waals surface area (Å²) >= 11 is 0. The second kappa shape index (κ2) is 5.86. The molecule has 2 heterocycles. The topological polar surface area (TPSA) is 76.5 Å². The summed E-state index contributed by atoms with van der Waals surface area (Å²) in [6.45, 7) is 2.94. The highest BCUT2D eigenvalue weighted by Gasteiger charge is 2.36. The van der Waals surface area contributed by atoms with Crippen LogP contribution in [0.5, 0.6) is 0 Å². The number of fused-ring (bicyclic) bond motifs is 1. The molecule has 6 nitrogen and oxygen atoms in total.